The highest BCUT2D eigenvalue weighted by atomic mass is 127. The standard InChI is InChI=1S/C14H22IN/c1-5-9-16-14(10(2)3)12-8-6-7-11(4)13(12)15/h6-8,10,14,16H,5,9H2,1-4H3. The van der Waals surface area contributed by atoms with Gasteiger partial charge >= 0.3 is 0 Å². The fraction of sp³-hybridized carbons (Fsp3) is 0.571. The minimum Gasteiger partial charge on any atom is -0.310 e. The van der Waals surface area contributed by atoms with E-state index in [0.717, 1.165) is 6.54 Å². The SMILES string of the molecule is CCCNC(c1cccc(C)c1I)C(C)C. The summed E-state index contributed by atoms with van der Waals surface area (Å²) in [7, 11) is 0. The summed E-state index contributed by atoms with van der Waals surface area (Å²) in [5, 5.41) is 3.65. The molecule has 0 aliphatic rings. The van der Waals surface area contributed by atoms with Crippen molar-refractivity contribution in [3.8, 4) is 0 Å². The first-order valence-corrected chi connectivity index (χ1v) is 7.14. The van der Waals surface area contributed by atoms with Gasteiger partial charge in [-0.15, -0.1) is 0 Å². The van der Waals surface area contributed by atoms with E-state index in [9.17, 15) is 0 Å². The maximum Gasteiger partial charge on any atom is 0.0353 e. The Morgan fingerprint density at radius 3 is 2.56 bits per heavy atom. The second-order valence-electron chi connectivity index (χ2n) is 4.65. The molecule has 1 rings (SSSR count). The lowest BCUT2D eigenvalue weighted by Crippen LogP contribution is -2.27. The molecule has 16 heavy (non-hydrogen) atoms. The van der Waals surface area contributed by atoms with E-state index >= 15 is 0 Å². The van der Waals surface area contributed by atoms with Gasteiger partial charge in [0.05, 0.1) is 0 Å². The predicted octanol–water partition coefficient (Wildman–Crippen LogP) is 4.30. The van der Waals surface area contributed by atoms with E-state index in [1.165, 1.54) is 21.1 Å². The van der Waals surface area contributed by atoms with Gasteiger partial charge in [0.2, 0.25) is 0 Å². The lowest BCUT2D eigenvalue weighted by molar-refractivity contribution is 0.411. The lowest BCUT2D eigenvalue weighted by Gasteiger charge is -2.24. The van der Waals surface area contributed by atoms with Crippen LogP contribution in [0.1, 0.15) is 44.4 Å². The van der Waals surface area contributed by atoms with E-state index in [1.807, 2.05) is 0 Å². The molecule has 0 bridgehead atoms. The molecular formula is C14H22IN. The molecular weight excluding hydrogens is 309 g/mol. The molecule has 0 amide bonds. The molecule has 1 aromatic rings. The zero-order valence-electron chi connectivity index (χ0n) is 10.7. The van der Waals surface area contributed by atoms with Gasteiger partial charge < -0.3 is 5.32 Å². The largest absolute Gasteiger partial charge is 0.310 e. The minimum absolute atomic E-state index is 0.478. The van der Waals surface area contributed by atoms with Gasteiger partial charge in [-0.3, -0.25) is 0 Å². The van der Waals surface area contributed by atoms with Crippen LogP contribution in [0, 0.1) is 16.4 Å². The molecule has 1 nitrogen and oxygen atoms in total. The van der Waals surface area contributed by atoms with Crippen LogP contribution in [0.5, 0.6) is 0 Å². The van der Waals surface area contributed by atoms with Crippen molar-refractivity contribution in [1.29, 1.82) is 0 Å². The minimum atomic E-state index is 0.478. The number of rotatable bonds is 5. The fourth-order valence-corrected chi connectivity index (χ4v) is 2.61. The zero-order valence-corrected chi connectivity index (χ0v) is 12.8. The van der Waals surface area contributed by atoms with Gasteiger partial charge in [-0.2, -0.15) is 0 Å². The topological polar surface area (TPSA) is 12.0 Å². The summed E-state index contributed by atoms with van der Waals surface area (Å²) in [5.41, 5.74) is 2.83. The smallest absolute Gasteiger partial charge is 0.0353 e. The Morgan fingerprint density at radius 1 is 1.31 bits per heavy atom. The second kappa shape index (κ2) is 6.60. The number of hydrogen-bond donors (Lipinski definition) is 1. The summed E-state index contributed by atoms with van der Waals surface area (Å²) < 4.78 is 1.41. The van der Waals surface area contributed by atoms with Crippen molar-refractivity contribution < 1.29 is 0 Å². The van der Waals surface area contributed by atoms with E-state index in [2.05, 4.69) is 73.8 Å². The van der Waals surface area contributed by atoms with Crippen molar-refractivity contribution >= 4 is 22.6 Å². The molecule has 0 saturated heterocycles. The summed E-state index contributed by atoms with van der Waals surface area (Å²) in [6, 6.07) is 7.08. The van der Waals surface area contributed by atoms with Gasteiger partial charge in [-0.05, 0) is 59.5 Å². The van der Waals surface area contributed by atoms with Crippen molar-refractivity contribution in [2.75, 3.05) is 6.54 Å². The van der Waals surface area contributed by atoms with Crippen molar-refractivity contribution in [2.45, 2.75) is 40.2 Å². The Balaban J connectivity index is 2.96. The van der Waals surface area contributed by atoms with Gasteiger partial charge in [0.25, 0.3) is 0 Å². The Morgan fingerprint density at radius 2 is 2.00 bits per heavy atom. The van der Waals surface area contributed by atoms with Crippen LogP contribution >= 0.6 is 22.6 Å². The summed E-state index contributed by atoms with van der Waals surface area (Å²) in [5.74, 6) is 0.627. The first-order chi connectivity index (χ1) is 7.57. The average Bonchev–Trinajstić information content (AvgIpc) is 2.24. The van der Waals surface area contributed by atoms with Crippen molar-refractivity contribution in [3.05, 3.63) is 32.9 Å². The molecule has 2 heteroatoms. The van der Waals surface area contributed by atoms with Gasteiger partial charge in [-0.25, -0.2) is 0 Å². The Bertz CT molecular complexity index is 334. The van der Waals surface area contributed by atoms with Gasteiger partial charge in [0.15, 0.2) is 0 Å². The summed E-state index contributed by atoms with van der Waals surface area (Å²) in [4.78, 5) is 0. The van der Waals surface area contributed by atoms with Crippen molar-refractivity contribution in [1.82, 2.24) is 5.32 Å². The summed E-state index contributed by atoms with van der Waals surface area (Å²) in [6.07, 6.45) is 1.19. The predicted molar refractivity (Wildman–Crippen MR) is 79.8 cm³/mol. The summed E-state index contributed by atoms with van der Waals surface area (Å²) in [6.45, 7) is 10.1. The molecule has 0 fully saturated rings. The Labute approximate surface area is 113 Å². The molecule has 1 N–H and O–H groups in total. The van der Waals surface area contributed by atoms with E-state index < -0.39 is 0 Å². The fourth-order valence-electron chi connectivity index (χ4n) is 1.91. The van der Waals surface area contributed by atoms with Crippen LogP contribution in [0.25, 0.3) is 0 Å². The van der Waals surface area contributed by atoms with Crippen LogP contribution in [0.2, 0.25) is 0 Å². The first kappa shape index (κ1) is 14.0. The van der Waals surface area contributed by atoms with Gasteiger partial charge in [0.1, 0.15) is 0 Å². The van der Waals surface area contributed by atoms with Crippen LogP contribution in [0.15, 0.2) is 18.2 Å². The molecule has 0 aromatic heterocycles. The maximum absolute atomic E-state index is 3.65. The van der Waals surface area contributed by atoms with Gasteiger partial charge in [-0.1, -0.05) is 39.0 Å². The highest BCUT2D eigenvalue weighted by molar-refractivity contribution is 14.1. The van der Waals surface area contributed by atoms with Crippen LogP contribution in [-0.4, -0.2) is 6.54 Å². The Kier molecular flexibility index (Phi) is 5.76. The summed E-state index contributed by atoms with van der Waals surface area (Å²) >= 11 is 2.47. The molecule has 1 unspecified atom stereocenters. The number of halogens is 1. The van der Waals surface area contributed by atoms with E-state index in [-0.39, 0.29) is 0 Å². The van der Waals surface area contributed by atoms with Crippen LogP contribution in [0.3, 0.4) is 0 Å². The van der Waals surface area contributed by atoms with Crippen LogP contribution < -0.4 is 5.32 Å². The second-order valence-corrected chi connectivity index (χ2v) is 5.73. The third-order valence-electron chi connectivity index (χ3n) is 2.84. The van der Waals surface area contributed by atoms with Crippen LogP contribution in [0.4, 0.5) is 0 Å². The zero-order chi connectivity index (χ0) is 12.1. The van der Waals surface area contributed by atoms with E-state index in [1.54, 1.807) is 0 Å². The van der Waals surface area contributed by atoms with E-state index in [0.29, 0.717) is 12.0 Å². The molecule has 0 heterocycles. The number of benzene rings is 1. The van der Waals surface area contributed by atoms with Crippen molar-refractivity contribution in [3.63, 3.8) is 0 Å². The maximum atomic E-state index is 3.65. The Hall–Kier alpha value is -0.0900. The van der Waals surface area contributed by atoms with Gasteiger partial charge in [0, 0.05) is 9.61 Å². The molecule has 0 aliphatic heterocycles. The molecule has 1 aromatic carbocycles. The third-order valence-corrected chi connectivity index (χ3v) is 4.31. The number of aryl methyl sites for hydroxylation is 1. The molecule has 0 saturated carbocycles. The number of hydrogen-bond acceptors (Lipinski definition) is 1. The molecule has 0 aliphatic carbocycles. The van der Waals surface area contributed by atoms with E-state index in [4.69, 9.17) is 0 Å². The number of nitrogens with one attached hydrogen (secondary N) is 1. The monoisotopic (exact) mass is 331 g/mol. The first-order valence-electron chi connectivity index (χ1n) is 6.06. The lowest BCUT2D eigenvalue weighted by atomic mass is 9.95. The average molecular weight is 331 g/mol. The van der Waals surface area contributed by atoms with Crippen LogP contribution in [-0.2, 0) is 0 Å². The highest BCUT2D eigenvalue weighted by Crippen LogP contribution is 2.27. The molecule has 90 valence electrons. The van der Waals surface area contributed by atoms with Crippen molar-refractivity contribution in [2.24, 2.45) is 5.92 Å². The molecule has 0 radical (unpaired) electrons. The quantitative estimate of drug-likeness (QED) is 0.794. The highest BCUT2D eigenvalue weighted by Gasteiger charge is 2.17. The normalized spacial score (nSPS) is 13.1. The molecule has 1 atom stereocenters. The molecule has 0 spiro atoms. The third kappa shape index (κ3) is 3.45.